The molecule has 0 bridgehead atoms. The van der Waals surface area contributed by atoms with Crippen molar-refractivity contribution in [3.63, 3.8) is 0 Å². The summed E-state index contributed by atoms with van der Waals surface area (Å²) in [5.41, 5.74) is 0.574. The highest BCUT2D eigenvalue weighted by atomic mass is 79.9. The third kappa shape index (κ3) is 3.28. The van der Waals surface area contributed by atoms with Gasteiger partial charge in [-0.25, -0.2) is 0 Å². The summed E-state index contributed by atoms with van der Waals surface area (Å²) in [5, 5.41) is 2.72. The summed E-state index contributed by atoms with van der Waals surface area (Å²) in [4.78, 5) is 11.6. The third-order valence-electron chi connectivity index (χ3n) is 1.97. The molecule has 0 spiro atoms. The zero-order chi connectivity index (χ0) is 12.0. The largest absolute Gasteiger partial charge is 0.496 e. The number of hydrogen-bond donors (Lipinski definition) is 1. The van der Waals surface area contributed by atoms with Gasteiger partial charge in [0.1, 0.15) is 5.75 Å². The zero-order valence-electron chi connectivity index (χ0n) is 8.92. The molecule has 0 radical (unpaired) electrons. The van der Waals surface area contributed by atoms with E-state index in [0.717, 1.165) is 4.47 Å². The topological polar surface area (TPSA) is 38.3 Å². The number of carbonyl (C=O) groups is 1. The van der Waals surface area contributed by atoms with Crippen molar-refractivity contribution in [1.82, 2.24) is 5.32 Å². The van der Waals surface area contributed by atoms with Gasteiger partial charge in [-0.2, -0.15) is 0 Å². The molecular weight excluding hydrogens is 270 g/mol. The molecule has 3 nitrogen and oxygen atoms in total. The van der Waals surface area contributed by atoms with Crippen LogP contribution >= 0.6 is 15.9 Å². The van der Waals surface area contributed by atoms with Crippen molar-refractivity contribution in [1.29, 1.82) is 0 Å². The molecule has 0 saturated heterocycles. The van der Waals surface area contributed by atoms with E-state index in [2.05, 4.69) is 27.2 Å². The van der Waals surface area contributed by atoms with Gasteiger partial charge in [-0.3, -0.25) is 4.79 Å². The lowest BCUT2D eigenvalue weighted by Gasteiger charge is -2.06. The standard InChI is InChI=1S/C12H12BrNO2/c1-3-4-7-14-12(15)9-5-6-11(16-2)10(13)8-9/h1,5-6,8H,4,7H2,2H3,(H,14,15). The second kappa shape index (κ2) is 6.19. The second-order valence-electron chi connectivity index (χ2n) is 3.06. The maximum absolute atomic E-state index is 11.6. The van der Waals surface area contributed by atoms with E-state index in [9.17, 15) is 4.79 Å². The number of terminal acetylenes is 1. The second-order valence-corrected chi connectivity index (χ2v) is 3.91. The summed E-state index contributed by atoms with van der Waals surface area (Å²) >= 11 is 3.32. The molecule has 0 aliphatic heterocycles. The number of nitrogens with one attached hydrogen (secondary N) is 1. The molecule has 4 heteroatoms. The van der Waals surface area contributed by atoms with E-state index < -0.39 is 0 Å². The fourth-order valence-electron chi connectivity index (χ4n) is 1.16. The van der Waals surface area contributed by atoms with E-state index in [0.29, 0.717) is 24.3 Å². The predicted molar refractivity (Wildman–Crippen MR) is 66.5 cm³/mol. The first-order chi connectivity index (χ1) is 7.69. The van der Waals surface area contributed by atoms with Crippen LogP contribution in [0.15, 0.2) is 22.7 Å². The molecule has 16 heavy (non-hydrogen) atoms. The number of carbonyl (C=O) groups excluding carboxylic acids is 1. The van der Waals surface area contributed by atoms with Crippen LogP contribution in [-0.2, 0) is 0 Å². The number of ether oxygens (including phenoxy) is 1. The summed E-state index contributed by atoms with van der Waals surface area (Å²) in [5.74, 6) is 3.01. The number of benzene rings is 1. The van der Waals surface area contributed by atoms with Crippen LogP contribution in [0.5, 0.6) is 5.75 Å². The summed E-state index contributed by atoms with van der Waals surface area (Å²) in [6.45, 7) is 0.485. The Labute approximate surface area is 103 Å². The first-order valence-electron chi connectivity index (χ1n) is 4.74. The molecule has 1 rings (SSSR count). The van der Waals surface area contributed by atoms with Crippen LogP contribution in [0.25, 0.3) is 0 Å². The summed E-state index contributed by atoms with van der Waals surface area (Å²) < 4.78 is 5.82. The van der Waals surface area contributed by atoms with Crippen molar-refractivity contribution in [3.05, 3.63) is 28.2 Å². The van der Waals surface area contributed by atoms with Crippen molar-refractivity contribution >= 4 is 21.8 Å². The van der Waals surface area contributed by atoms with Gasteiger partial charge >= 0.3 is 0 Å². The highest BCUT2D eigenvalue weighted by molar-refractivity contribution is 9.10. The average molecular weight is 282 g/mol. The molecule has 0 aliphatic rings. The minimum atomic E-state index is -0.140. The molecule has 1 aromatic carbocycles. The summed E-state index contributed by atoms with van der Waals surface area (Å²) in [7, 11) is 1.58. The minimum Gasteiger partial charge on any atom is -0.496 e. The van der Waals surface area contributed by atoms with Crippen molar-refractivity contribution in [2.75, 3.05) is 13.7 Å². The van der Waals surface area contributed by atoms with Gasteiger partial charge in [0.15, 0.2) is 0 Å². The Kier molecular flexibility index (Phi) is 4.87. The van der Waals surface area contributed by atoms with Crippen LogP contribution in [0, 0.1) is 12.3 Å². The van der Waals surface area contributed by atoms with Crippen molar-refractivity contribution in [2.24, 2.45) is 0 Å². The van der Waals surface area contributed by atoms with E-state index in [-0.39, 0.29) is 5.91 Å². The van der Waals surface area contributed by atoms with Gasteiger partial charge in [-0.15, -0.1) is 12.3 Å². The van der Waals surface area contributed by atoms with E-state index >= 15 is 0 Å². The summed E-state index contributed by atoms with van der Waals surface area (Å²) in [6, 6.07) is 5.15. The number of hydrogen-bond acceptors (Lipinski definition) is 2. The van der Waals surface area contributed by atoms with Crippen LogP contribution in [0.4, 0.5) is 0 Å². The van der Waals surface area contributed by atoms with Gasteiger partial charge in [0.05, 0.1) is 11.6 Å². The molecule has 0 aliphatic carbocycles. The zero-order valence-corrected chi connectivity index (χ0v) is 10.5. The first-order valence-corrected chi connectivity index (χ1v) is 5.53. The SMILES string of the molecule is C#CCCNC(=O)c1ccc(OC)c(Br)c1. The smallest absolute Gasteiger partial charge is 0.251 e. The Balaban J connectivity index is 2.70. The molecule has 0 heterocycles. The maximum atomic E-state index is 11.6. The van der Waals surface area contributed by atoms with Gasteiger partial charge < -0.3 is 10.1 Å². The summed E-state index contributed by atoms with van der Waals surface area (Å²) in [6.07, 6.45) is 5.62. The van der Waals surface area contributed by atoms with E-state index in [1.807, 2.05) is 0 Å². The number of amides is 1. The third-order valence-corrected chi connectivity index (χ3v) is 2.59. The van der Waals surface area contributed by atoms with E-state index in [1.165, 1.54) is 0 Å². The Morgan fingerprint density at radius 3 is 2.94 bits per heavy atom. The lowest BCUT2D eigenvalue weighted by molar-refractivity contribution is 0.0954. The molecule has 1 amide bonds. The van der Waals surface area contributed by atoms with E-state index in [4.69, 9.17) is 11.2 Å². The van der Waals surface area contributed by atoms with Crippen LogP contribution in [0.2, 0.25) is 0 Å². The van der Waals surface area contributed by atoms with E-state index in [1.54, 1.807) is 25.3 Å². The van der Waals surface area contributed by atoms with Crippen LogP contribution in [0.1, 0.15) is 16.8 Å². The van der Waals surface area contributed by atoms with Gasteiger partial charge in [0.25, 0.3) is 5.91 Å². The Hall–Kier alpha value is -1.47. The fraction of sp³-hybridized carbons (Fsp3) is 0.250. The van der Waals surface area contributed by atoms with Gasteiger partial charge in [-0.05, 0) is 34.1 Å². The monoisotopic (exact) mass is 281 g/mol. The maximum Gasteiger partial charge on any atom is 0.251 e. The minimum absolute atomic E-state index is 0.140. The van der Waals surface area contributed by atoms with Crippen molar-refractivity contribution in [2.45, 2.75) is 6.42 Å². The number of rotatable bonds is 4. The molecule has 1 N–H and O–H groups in total. The molecule has 84 valence electrons. The molecule has 0 aromatic heterocycles. The first kappa shape index (κ1) is 12.6. The number of halogens is 1. The fourth-order valence-corrected chi connectivity index (χ4v) is 1.70. The Morgan fingerprint density at radius 2 is 2.38 bits per heavy atom. The molecular formula is C12H12BrNO2. The van der Waals surface area contributed by atoms with Gasteiger partial charge in [0.2, 0.25) is 0 Å². The molecule has 0 fully saturated rings. The average Bonchev–Trinajstić information content (AvgIpc) is 2.29. The molecule has 0 saturated carbocycles. The Morgan fingerprint density at radius 1 is 1.62 bits per heavy atom. The lowest BCUT2D eigenvalue weighted by Crippen LogP contribution is -2.24. The predicted octanol–water partition coefficient (Wildman–Crippen LogP) is 2.21. The van der Waals surface area contributed by atoms with Crippen molar-refractivity contribution < 1.29 is 9.53 Å². The van der Waals surface area contributed by atoms with Crippen molar-refractivity contribution in [3.8, 4) is 18.1 Å². The lowest BCUT2D eigenvalue weighted by atomic mass is 10.2. The highest BCUT2D eigenvalue weighted by Crippen LogP contribution is 2.25. The van der Waals surface area contributed by atoms with Crippen LogP contribution in [0.3, 0.4) is 0 Å². The van der Waals surface area contributed by atoms with Gasteiger partial charge in [-0.1, -0.05) is 0 Å². The normalized spacial score (nSPS) is 9.31. The molecule has 0 atom stereocenters. The Bertz CT molecular complexity index is 424. The molecule has 1 aromatic rings. The van der Waals surface area contributed by atoms with Crippen LogP contribution in [-0.4, -0.2) is 19.6 Å². The highest BCUT2D eigenvalue weighted by Gasteiger charge is 2.07. The quantitative estimate of drug-likeness (QED) is 0.679. The number of methoxy groups -OCH3 is 1. The molecule has 0 unspecified atom stereocenters. The van der Waals surface area contributed by atoms with Gasteiger partial charge in [0, 0.05) is 18.5 Å². The van der Waals surface area contributed by atoms with Crippen LogP contribution < -0.4 is 10.1 Å².